The van der Waals surface area contributed by atoms with E-state index in [0.717, 1.165) is 24.4 Å². The van der Waals surface area contributed by atoms with Gasteiger partial charge in [0, 0.05) is 17.3 Å². The molecule has 3 aromatic rings. The van der Waals surface area contributed by atoms with Gasteiger partial charge in [-0.05, 0) is 43.2 Å². The van der Waals surface area contributed by atoms with Crippen LogP contribution in [0.5, 0.6) is 0 Å². The van der Waals surface area contributed by atoms with E-state index in [-0.39, 0.29) is 11.7 Å². The number of carbonyl (C=O) groups excluding carboxylic acids is 1. The quantitative estimate of drug-likeness (QED) is 0.664. The molecule has 1 aromatic heterocycles. The van der Waals surface area contributed by atoms with E-state index in [1.165, 1.54) is 11.8 Å². The summed E-state index contributed by atoms with van der Waals surface area (Å²) in [6.07, 6.45) is 2.26. The first-order valence-corrected chi connectivity index (χ1v) is 9.66. The van der Waals surface area contributed by atoms with Gasteiger partial charge in [0.2, 0.25) is 5.91 Å². The first-order valence-electron chi connectivity index (χ1n) is 8.68. The Morgan fingerprint density at radius 1 is 1.19 bits per heavy atom. The molecule has 7 heteroatoms. The molecule has 2 aromatic carbocycles. The average molecular weight is 375 g/mol. The number of nitriles is 1. The lowest BCUT2D eigenvalue weighted by molar-refractivity contribution is -0.113. The van der Waals surface area contributed by atoms with E-state index >= 15 is 0 Å². The van der Waals surface area contributed by atoms with Gasteiger partial charge in [0.15, 0.2) is 5.16 Å². The maximum Gasteiger partial charge on any atom is 0.234 e. The van der Waals surface area contributed by atoms with Gasteiger partial charge in [0.1, 0.15) is 5.82 Å². The van der Waals surface area contributed by atoms with Crippen molar-refractivity contribution in [2.45, 2.75) is 23.9 Å². The van der Waals surface area contributed by atoms with Crippen LogP contribution in [0.3, 0.4) is 0 Å². The first kappa shape index (κ1) is 17.3. The summed E-state index contributed by atoms with van der Waals surface area (Å²) in [4.78, 5) is 12.3. The molecular formula is C20H17N5OS. The molecule has 6 nitrogen and oxygen atoms in total. The Morgan fingerprint density at radius 2 is 2.00 bits per heavy atom. The van der Waals surface area contributed by atoms with Crippen LogP contribution in [-0.4, -0.2) is 26.4 Å². The third-order valence-electron chi connectivity index (χ3n) is 4.22. The number of carbonyl (C=O) groups is 1. The van der Waals surface area contributed by atoms with Crippen LogP contribution in [0.15, 0.2) is 59.8 Å². The number of para-hydroxylation sites is 1. The van der Waals surface area contributed by atoms with Gasteiger partial charge in [-0.2, -0.15) is 5.26 Å². The monoisotopic (exact) mass is 375 g/mol. The third kappa shape index (κ3) is 4.01. The summed E-state index contributed by atoms with van der Waals surface area (Å²) in [5.41, 5.74) is 2.13. The van der Waals surface area contributed by atoms with Crippen molar-refractivity contribution < 1.29 is 4.79 Å². The van der Waals surface area contributed by atoms with E-state index < -0.39 is 0 Å². The highest BCUT2D eigenvalue weighted by Crippen LogP contribution is 2.41. The Kier molecular flexibility index (Phi) is 4.90. The highest BCUT2D eigenvalue weighted by atomic mass is 32.2. The molecule has 27 heavy (non-hydrogen) atoms. The predicted molar refractivity (Wildman–Crippen MR) is 104 cm³/mol. The molecule has 0 unspecified atom stereocenters. The van der Waals surface area contributed by atoms with Crippen molar-refractivity contribution in [3.63, 3.8) is 0 Å². The molecule has 0 bridgehead atoms. The standard InChI is InChI=1S/C20H17N5OS/c21-12-14-5-4-6-16(11-14)22-18(26)13-27-20-24-23-19(15-9-10-15)25(20)17-7-2-1-3-8-17/h1-8,11,15H,9-10,13H2,(H,22,26). The summed E-state index contributed by atoms with van der Waals surface area (Å²) in [6.45, 7) is 0. The fraction of sp³-hybridized carbons (Fsp3) is 0.200. The Hall–Kier alpha value is -3.11. The minimum Gasteiger partial charge on any atom is -0.325 e. The van der Waals surface area contributed by atoms with Crippen LogP contribution in [0, 0.1) is 11.3 Å². The summed E-state index contributed by atoms with van der Waals surface area (Å²) in [5.74, 6) is 1.48. The second kappa shape index (κ2) is 7.64. The molecule has 134 valence electrons. The lowest BCUT2D eigenvalue weighted by Gasteiger charge is -2.10. The summed E-state index contributed by atoms with van der Waals surface area (Å²) in [5, 5.41) is 21.2. The van der Waals surface area contributed by atoms with Crippen LogP contribution in [0.1, 0.15) is 30.1 Å². The van der Waals surface area contributed by atoms with Crippen LogP contribution >= 0.6 is 11.8 Å². The van der Waals surface area contributed by atoms with Crippen molar-refractivity contribution in [1.82, 2.24) is 14.8 Å². The summed E-state index contributed by atoms with van der Waals surface area (Å²) >= 11 is 1.36. The minimum absolute atomic E-state index is 0.148. The summed E-state index contributed by atoms with van der Waals surface area (Å²) in [6, 6.07) is 18.9. The largest absolute Gasteiger partial charge is 0.325 e. The lowest BCUT2D eigenvalue weighted by Crippen LogP contribution is -2.14. The van der Waals surface area contributed by atoms with Gasteiger partial charge in [0.05, 0.1) is 17.4 Å². The molecule has 1 aliphatic rings. The molecule has 1 amide bonds. The number of thioether (sulfide) groups is 1. The van der Waals surface area contributed by atoms with Crippen LogP contribution in [0.4, 0.5) is 5.69 Å². The zero-order valence-corrected chi connectivity index (χ0v) is 15.3. The second-order valence-electron chi connectivity index (χ2n) is 6.32. The smallest absolute Gasteiger partial charge is 0.234 e. The maximum atomic E-state index is 12.3. The predicted octanol–water partition coefficient (Wildman–Crippen LogP) is 3.75. The zero-order chi connectivity index (χ0) is 18.6. The number of hydrogen-bond acceptors (Lipinski definition) is 5. The van der Waals surface area contributed by atoms with Gasteiger partial charge in [-0.1, -0.05) is 36.0 Å². The van der Waals surface area contributed by atoms with E-state index in [9.17, 15) is 4.79 Å². The molecule has 0 radical (unpaired) electrons. The Balaban J connectivity index is 1.48. The fourth-order valence-electron chi connectivity index (χ4n) is 2.79. The van der Waals surface area contributed by atoms with Crippen molar-refractivity contribution >= 4 is 23.4 Å². The van der Waals surface area contributed by atoms with Crippen LogP contribution in [0.25, 0.3) is 5.69 Å². The average Bonchev–Trinajstić information content (AvgIpc) is 3.46. The van der Waals surface area contributed by atoms with E-state index in [4.69, 9.17) is 5.26 Å². The number of hydrogen-bond donors (Lipinski definition) is 1. The van der Waals surface area contributed by atoms with Gasteiger partial charge in [-0.3, -0.25) is 9.36 Å². The van der Waals surface area contributed by atoms with Crippen LogP contribution < -0.4 is 5.32 Å². The van der Waals surface area contributed by atoms with Crippen molar-refractivity contribution in [1.29, 1.82) is 5.26 Å². The van der Waals surface area contributed by atoms with Crippen molar-refractivity contribution in [2.24, 2.45) is 0 Å². The lowest BCUT2D eigenvalue weighted by atomic mass is 10.2. The fourth-order valence-corrected chi connectivity index (χ4v) is 3.55. The number of nitrogens with zero attached hydrogens (tertiary/aromatic N) is 4. The highest BCUT2D eigenvalue weighted by Gasteiger charge is 2.31. The number of amides is 1. The summed E-state index contributed by atoms with van der Waals surface area (Å²) < 4.78 is 2.05. The van der Waals surface area contributed by atoms with Crippen LogP contribution in [0.2, 0.25) is 0 Å². The Labute approximate surface area is 161 Å². The Morgan fingerprint density at radius 3 is 2.74 bits per heavy atom. The zero-order valence-electron chi connectivity index (χ0n) is 14.5. The normalized spacial score (nSPS) is 13.1. The molecule has 1 N–H and O–H groups in total. The number of rotatable bonds is 6. The van der Waals surface area contributed by atoms with Crippen molar-refractivity contribution in [3.05, 3.63) is 66.0 Å². The van der Waals surface area contributed by atoms with Gasteiger partial charge in [0.25, 0.3) is 0 Å². The minimum atomic E-state index is -0.148. The van der Waals surface area contributed by atoms with Gasteiger partial charge in [-0.25, -0.2) is 0 Å². The molecule has 0 spiro atoms. The number of anilines is 1. The number of aromatic nitrogens is 3. The van der Waals surface area contributed by atoms with E-state index in [0.29, 0.717) is 22.3 Å². The van der Waals surface area contributed by atoms with E-state index in [1.54, 1.807) is 24.3 Å². The number of nitrogens with one attached hydrogen (secondary N) is 1. The van der Waals surface area contributed by atoms with E-state index in [1.807, 2.05) is 34.9 Å². The van der Waals surface area contributed by atoms with Gasteiger partial charge >= 0.3 is 0 Å². The molecular weight excluding hydrogens is 358 g/mol. The van der Waals surface area contributed by atoms with Gasteiger partial charge < -0.3 is 5.32 Å². The van der Waals surface area contributed by atoms with Crippen LogP contribution in [-0.2, 0) is 4.79 Å². The molecule has 0 atom stereocenters. The SMILES string of the molecule is N#Cc1cccc(NC(=O)CSc2nnc(C3CC3)n2-c2ccccc2)c1. The molecule has 0 aliphatic heterocycles. The summed E-state index contributed by atoms with van der Waals surface area (Å²) in [7, 11) is 0. The molecule has 1 aliphatic carbocycles. The molecule has 1 saturated carbocycles. The van der Waals surface area contributed by atoms with E-state index in [2.05, 4.69) is 21.6 Å². The third-order valence-corrected chi connectivity index (χ3v) is 5.15. The van der Waals surface area contributed by atoms with Crippen molar-refractivity contribution in [2.75, 3.05) is 11.1 Å². The topological polar surface area (TPSA) is 83.6 Å². The van der Waals surface area contributed by atoms with Crippen molar-refractivity contribution in [3.8, 4) is 11.8 Å². The molecule has 0 saturated heterocycles. The molecule has 4 rings (SSSR count). The maximum absolute atomic E-state index is 12.3. The molecule has 1 fully saturated rings. The number of benzene rings is 2. The second-order valence-corrected chi connectivity index (χ2v) is 7.26. The first-order chi connectivity index (χ1) is 13.2. The molecule has 1 heterocycles. The Bertz CT molecular complexity index is 1000. The van der Waals surface area contributed by atoms with Gasteiger partial charge in [-0.15, -0.1) is 10.2 Å². The highest BCUT2D eigenvalue weighted by molar-refractivity contribution is 7.99.